The zero-order chi connectivity index (χ0) is 34.2. The maximum atomic E-state index is 13.4. The van der Waals surface area contributed by atoms with E-state index in [1.165, 1.54) is 21.3 Å². The summed E-state index contributed by atoms with van der Waals surface area (Å²) in [6.45, 7) is 14.1. The maximum Gasteiger partial charge on any atom is 2.00 e. The molecule has 5 heterocycles. The van der Waals surface area contributed by atoms with Gasteiger partial charge in [0.2, 0.25) is 0 Å². The summed E-state index contributed by atoms with van der Waals surface area (Å²) in [4.78, 5) is 40.4. The van der Waals surface area contributed by atoms with Crippen LogP contribution in [0.15, 0.2) is 119 Å². The second kappa shape index (κ2) is 14.9. The molecule has 0 spiro atoms. The van der Waals surface area contributed by atoms with Crippen LogP contribution in [-0.4, -0.2) is 73.5 Å². The summed E-state index contributed by atoms with van der Waals surface area (Å²) < 4.78 is 15.4. The number of nitrogens with one attached hydrogen (secondary N) is 1. The minimum Gasteiger partial charge on any atom is -0.616 e. The molecule has 0 aliphatic carbocycles. The van der Waals surface area contributed by atoms with Gasteiger partial charge in [-0.05, 0) is 81.2 Å². The van der Waals surface area contributed by atoms with Gasteiger partial charge in [0.05, 0.1) is 60.8 Å². The molecule has 0 saturated carbocycles. The van der Waals surface area contributed by atoms with Crippen molar-refractivity contribution in [2.45, 2.75) is 60.3 Å². The van der Waals surface area contributed by atoms with Gasteiger partial charge in [-0.15, -0.1) is 0 Å². The molecule has 246 valence electrons. The number of fused-ring (bicyclic) bond motifs is 5. The smallest absolute Gasteiger partial charge is 0.616 e. The van der Waals surface area contributed by atoms with Gasteiger partial charge < -0.3 is 24.6 Å². The quantitative estimate of drug-likeness (QED) is 0.220. The molecule has 0 unspecified atom stereocenters. The van der Waals surface area contributed by atoms with Crippen LogP contribution in [-0.2, 0) is 23.8 Å². The fraction of sp³-hybridized carbons (Fsp3) is 0.378. The van der Waals surface area contributed by atoms with Crippen molar-refractivity contribution in [3.8, 4) is 0 Å². The molecule has 10 nitrogen and oxygen atoms in total. The molecule has 0 amide bonds. The van der Waals surface area contributed by atoms with Gasteiger partial charge in [0, 0.05) is 46.4 Å². The Bertz CT molecular complexity index is 1830. The van der Waals surface area contributed by atoms with E-state index in [4.69, 9.17) is 29.2 Å². The van der Waals surface area contributed by atoms with Crippen LogP contribution >= 0.6 is 0 Å². The molecule has 1 saturated heterocycles. The third-order valence-electron chi connectivity index (χ3n) is 9.50. The average molecular weight is 662 g/mol. The zero-order valence-corrected chi connectivity index (χ0v) is 30.4. The summed E-state index contributed by atoms with van der Waals surface area (Å²) in [5.41, 5.74) is 10.8. The Hall–Kier alpha value is -4.22. The van der Waals surface area contributed by atoms with Crippen LogP contribution in [0.5, 0.6) is 0 Å². The molecule has 5 rings (SSSR count). The van der Waals surface area contributed by atoms with Crippen molar-refractivity contribution in [2.75, 3.05) is 21.3 Å². The van der Waals surface area contributed by atoms with Crippen LogP contribution in [0.25, 0.3) is 0 Å². The van der Waals surface area contributed by atoms with Gasteiger partial charge in [-0.2, -0.15) is 0 Å². The normalized spacial score (nSPS) is 22.7. The largest absolute Gasteiger partial charge is 2.00 e. The number of rotatable bonds is 8. The van der Waals surface area contributed by atoms with Gasteiger partial charge in [-0.3, -0.25) is 9.59 Å². The van der Waals surface area contributed by atoms with Crippen LogP contribution in [0.1, 0.15) is 60.3 Å². The molecule has 0 radical (unpaired) electrons. The fourth-order valence-corrected chi connectivity index (χ4v) is 6.72. The molecule has 1 N–H and O–H groups in total. The number of carbonyl (C=O) groups is 2. The molecule has 5 aliphatic heterocycles. The molecule has 48 heavy (non-hydrogen) atoms. The Balaban J connectivity index is 0.00000520. The van der Waals surface area contributed by atoms with E-state index in [-0.39, 0.29) is 59.3 Å². The molecule has 0 aromatic rings. The van der Waals surface area contributed by atoms with Crippen molar-refractivity contribution in [3.63, 3.8) is 0 Å². The van der Waals surface area contributed by atoms with Gasteiger partial charge in [-0.25, -0.2) is 15.0 Å². The van der Waals surface area contributed by atoms with E-state index >= 15 is 0 Å². The molecule has 2 atom stereocenters. The minimum absolute atomic E-state index is 0. The zero-order valence-electron chi connectivity index (χ0n) is 29.0. The Kier molecular flexibility index (Phi) is 11.4. The summed E-state index contributed by atoms with van der Waals surface area (Å²) >= 11 is 0. The number of allylic oxidation sites excluding steroid dienone is 11. The number of aliphatic imine (C=N–C) groups is 3. The third-order valence-corrected chi connectivity index (χ3v) is 9.50. The van der Waals surface area contributed by atoms with E-state index in [1.54, 1.807) is 0 Å². The summed E-state index contributed by atoms with van der Waals surface area (Å²) in [6, 6.07) is 0. The number of esters is 2. The second-order valence-corrected chi connectivity index (χ2v) is 12.0. The molecule has 5 aliphatic rings. The van der Waals surface area contributed by atoms with Gasteiger partial charge in [0.25, 0.3) is 0 Å². The Morgan fingerprint density at radius 2 is 1.58 bits per heavy atom. The molecule has 0 aromatic carbocycles. The number of methoxy groups -OCH3 is 3. The Morgan fingerprint density at radius 3 is 2.21 bits per heavy atom. The number of nitrogens with zero attached hydrogens (tertiary/aromatic N) is 3. The van der Waals surface area contributed by atoms with Gasteiger partial charge in [-0.1, -0.05) is 26.5 Å². The van der Waals surface area contributed by atoms with Crippen molar-refractivity contribution in [1.29, 1.82) is 0 Å². The second-order valence-electron chi connectivity index (χ2n) is 12.0. The van der Waals surface area contributed by atoms with E-state index in [2.05, 4.69) is 25.7 Å². The van der Waals surface area contributed by atoms with Crippen molar-refractivity contribution >= 4 is 52.1 Å². The molecule has 8 bridgehead atoms. The number of ether oxygens (including phenoxy) is 3. The average Bonchev–Trinajstić information content (AvgIpc) is 3.74. The third kappa shape index (κ3) is 6.58. The first-order valence-corrected chi connectivity index (χ1v) is 15.7. The van der Waals surface area contributed by atoms with Crippen LogP contribution in [0.3, 0.4) is 0 Å². The predicted molar refractivity (Wildman–Crippen MR) is 186 cm³/mol. The van der Waals surface area contributed by atoms with Crippen LogP contribution in [0.2, 0.25) is 0 Å². The summed E-state index contributed by atoms with van der Waals surface area (Å²) in [5, 5.41) is 17.0. The SMILES string of the molecule is C=CC1=C(C)C2=NC1=CC1=NC(=CC3=C(C)C(=C([O-])OC)C(=N3)C(CC(=O)OC)=C3NC(=C2)[C@@H](C)[C@@H]3CCC(=O)OC)C(CC)=C1C.[Mg+2]. The first-order chi connectivity index (χ1) is 22.5. The van der Waals surface area contributed by atoms with Crippen LogP contribution in [0.4, 0.5) is 0 Å². The summed E-state index contributed by atoms with van der Waals surface area (Å²) in [7, 11) is 4.00. The Labute approximate surface area is 298 Å². The molecular weight excluding hydrogens is 621 g/mol. The minimum atomic E-state index is -0.574. The monoisotopic (exact) mass is 661 g/mol. The standard InChI is InChI=1S/C37H42N4O6.Mg/c1-10-22-18(3)26-15-28-20(5)24(12-13-32(42)45-7)35(40-28)25(14-33(43)46-8)36-34(37(44)47-9)21(6)29(41-36)17-31-23(11-2)19(4)27(39-31)16-30(22)38-26;/h10,15-17,20,24,40,44H,1,11-14H2,2-9H3;/q;+2/p-1/t20-,24-;/m0./s1. The van der Waals surface area contributed by atoms with Crippen LogP contribution in [0, 0.1) is 11.8 Å². The molecule has 1 fully saturated rings. The van der Waals surface area contributed by atoms with Gasteiger partial charge >= 0.3 is 35.0 Å². The predicted octanol–water partition coefficient (Wildman–Crippen LogP) is 4.98. The van der Waals surface area contributed by atoms with E-state index in [0.717, 1.165) is 57.2 Å². The van der Waals surface area contributed by atoms with Gasteiger partial charge in [0.1, 0.15) is 0 Å². The van der Waals surface area contributed by atoms with Crippen molar-refractivity contribution in [2.24, 2.45) is 26.8 Å². The van der Waals surface area contributed by atoms with E-state index in [0.29, 0.717) is 34.7 Å². The first-order valence-electron chi connectivity index (χ1n) is 15.7. The topological polar surface area (TPSA) is 134 Å². The summed E-state index contributed by atoms with van der Waals surface area (Å²) in [6.07, 6.45) is 8.83. The summed E-state index contributed by atoms with van der Waals surface area (Å²) in [5.74, 6) is -1.79. The number of carbonyl (C=O) groups excluding carboxylic acids is 2. The number of hydrogen-bond acceptors (Lipinski definition) is 10. The molecular formula is C37H41MgN4O6+. The van der Waals surface area contributed by atoms with Crippen molar-refractivity contribution < 1.29 is 28.9 Å². The van der Waals surface area contributed by atoms with Crippen molar-refractivity contribution in [3.05, 3.63) is 104 Å². The maximum absolute atomic E-state index is 13.4. The first kappa shape index (κ1) is 36.6. The molecule has 0 aromatic heterocycles. The van der Waals surface area contributed by atoms with Gasteiger partial charge in [0.15, 0.2) is 0 Å². The van der Waals surface area contributed by atoms with Crippen molar-refractivity contribution in [1.82, 2.24) is 5.32 Å². The Morgan fingerprint density at radius 1 is 0.917 bits per heavy atom. The molecule has 11 heteroatoms. The fourth-order valence-electron chi connectivity index (χ4n) is 6.72. The van der Waals surface area contributed by atoms with E-state index in [1.807, 2.05) is 45.1 Å². The number of hydrogen-bond donors (Lipinski definition) is 1. The van der Waals surface area contributed by atoms with E-state index in [9.17, 15) is 14.7 Å². The van der Waals surface area contributed by atoms with E-state index < -0.39 is 11.9 Å². The van der Waals surface area contributed by atoms with Crippen LogP contribution < -0.4 is 10.4 Å².